The van der Waals surface area contributed by atoms with Gasteiger partial charge < -0.3 is 19.7 Å². The largest absolute Gasteiger partial charge is 0.489 e. The van der Waals surface area contributed by atoms with Crippen LogP contribution in [0.4, 0.5) is 18.9 Å². The number of benzene rings is 2. The van der Waals surface area contributed by atoms with Crippen molar-refractivity contribution in [2.45, 2.75) is 50.6 Å². The molecule has 8 nitrogen and oxygen atoms in total. The minimum absolute atomic E-state index is 0.0388. The zero-order valence-electron chi connectivity index (χ0n) is 24.0. The maximum absolute atomic E-state index is 12.8. The molecule has 2 aliphatic rings. The molecule has 1 amide bonds. The quantitative estimate of drug-likeness (QED) is 0.352. The number of methoxy groups -OCH3 is 1. The maximum atomic E-state index is 12.8. The van der Waals surface area contributed by atoms with Gasteiger partial charge >= 0.3 is 12.1 Å². The van der Waals surface area contributed by atoms with Crippen molar-refractivity contribution in [2.24, 2.45) is 0 Å². The van der Waals surface area contributed by atoms with Crippen molar-refractivity contribution in [2.75, 3.05) is 38.2 Å². The summed E-state index contributed by atoms with van der Waals surface area (Å²) in [5, 5.41) is 3.09. The molecule has 2 fully saturated rings. The number of amides is 1. The Kier molecular flexibility index (Phi) is 9.49. The number of hydrogen-bond donors (Lipinski definition) is 1. The predicted octanol–water partition coefficient (Wildman–Crippen LogP) is 5.33. The van der Waals surface area contributed by atoms with Crippen LogP contribution in [0.25, 0.3) is 0 Å². The van der Waals surface area contributed by atoms with Crippen LogP contribution in [0.3, 0.4) is 0 Å². The van der Waals surface area contributed by atoms with Crippen LogP contribution < -0.4 is 15.0 Å². The number of anilines is 1. The summed E-state index contributed by atoms with van der Waals surface area (Å²) in [6, 6.07) is 16.1. The Balaban J connectivity index is 1.03. The fourth-order valence-corrected chi connectivity index (χ4v) is 5.49. The Morgan fingerprint density at radius 2 is 1.58 bits per heavy atom. The molecular weight excluding hydrogens is 561 g/mol. The van der Waals surface area contributed by atoms with Gasteiger partial charge in [0.15, 0.2) is 0 Å². The average molecular weight is 597 g/mol. The smallest absolute Gasteiger partial charge is 0.416 e. The summed E-state index contributed by atoms with van der Waals surface area (Å²) in [4.78, 5) is 33.1. The minimum atomic E-state index is -4.34. The lowest BCUT2D eigenvalue weighted by atomic mass is 10.0. The van der Waals surface area contributed by atoms with Gasteiger partial charge in [0.25, 0.3) is 5.91 Å². The highest BCUT2D eigenvalue weighted by atomic mass is 19.4. The Bertz CT molecular complexity index is 1370. The zero-order chi connectivity index (χ0) is 30.4. The summed E-state index contributed by atoms with van der Waals surface area (Å²) in [5.41, 5.74) is 2.09. The van der Waals surface area contributed by atoms with E-state index in [1.54, 1.807) is 30.5 Å². The third-order valence-electron chi connectivity index (χ3n) is 7.98. The number of rotatable bonds is 8. The summed E-state index contributed by atoms with van der Waals surface area (Å²) in [6.45, 7) is 3.82. The van der Waals surface area contributed by atoms with Crippen LogP contribution in [0.15, 0.2) is 66.9 Å². The molecule has 3 heterocycles. The van der Waals surface area contributed by atoms with Crippen molar-refractivity contribution < 1.29 is 32.2 Å². The van der Waals surface area contributed by atoms with Gasteiger partial charge in [-0.15, -0.1) is 0 Å². The number of likely N-dealkylation sites (tertiary alicyclic amines) is 1. The highest BCUT2D eigenvalue weighted by Gasteiger charge is 2.30. The number of hydrogen-bond acceptors (Lipinski definition) is 7. The van der Waals surface area contributed by atoms with Gasteiger partial charge in [0, 0.05) is 57.3 Å². The number of pyridine rings is 1. The van der Waals surface area contributed by atoms with Gasteiger partial charge in [-0.3, -0.25) is 9.69 Å². The number of nitrogens with one attached hydrogen (secondary N) is 1. The molecule has 3 aromatic rings. The van der Waals surface area contributed by atoms with E-state index in [2.05, 4.69) is 20.1 Å². The van der Waals surface area contributed by atoms with Crippen LogP contribution >= 0.6 is 0 Å². The molecule has 1 N–H and O–H groups in total. The molecule has 0 unspecified atom stereocenters. The van der Waals surface area contributed by atoms with Crippen molar-refractivity contribution in [3.63, 3.8) is 0 Å². The lowest BCUT2D eigenvalue weighted by Gasteiger charge is -2.33. The van der Waals surface area contributed by atoms with E-state index in [1.165, 1.54) is 19.2 Å². The first-order valence-corrected chi connectivity index (χ1v) is 14.4. The Labute approximate surface area is 248 Å². The molecule has 43 heavy (non-hydrogen) atoms. The van der Waals surface area contributed by atoms with Crippen LogP contribution in [0.5, 0.6) is 5.75 Å². The van der Waals surface area contributed by atoms with Crippen LogP contribution in [0.2, 0.25) is 0 Å². The van der Waals surface area contributed by atoms with E-state index >= 15 is 0 Å². The van der Waals surface area contributed by atoms with Crippen molar-refractivity contribution >= 4 is 17.6 Å². The normalized spacial score (nSPS) is 17.0. The van der Waals surface area contributed by atoms with E-state index < -0.39 is 11.7 Å². The van der Waals surface area contributed by atoms with Gasteiger partial charge in [0.2, 0.25) is 0 Å². The summed E-state index contributed by atoms with van der Waals surface area (Å²) in [5.74, 6) is 0.0170. The average Bonchev–Trinajstić information content (AvgIpc) is 3.02. The van der Waals surface area contributed by atoms with E-state index in [0.717, 1.165) is 68.7 Å². The van der Waals surface area contributed by atoms with Crippen LogP contribution in [0.1, 0.15) is 57.7 Å². The van der Waals surface area contributed by atoms with Gasteiger partial charge in [-0.2, -0.15) is 13.2 Å². The lowest BCUT2D eigenvalue weighted by Crippen LogP contribution is -2.44. The van der Waals surface area contributed by atoms with Crippen molar-refractivity contribution in [1.82, 2.24) is 15.2 Å². The molecule has 5 rings (SSSR count). The summed E-state index contributed by atoms with van der Waals surface area (Å²) >= 11 is 0. The zero-order valence-corrected chi connectivity index (χ0v) is 24.0. The van der Waals surface area contributed by atoms with Gasteiger partial charge in [-0.05, 0) is 66.9 Å². The standard InChI is InChI=1S/C32H35F3N4O4/c1-42-31(41)23-4-2-22(3-5-23)21-38-16-12-25(13-17-38)37-30(40)29-11-10-28(20-36-29)43-27-14-18-39(19-15-27)26-8-6-24(7-9-26)32(33,34)35/h2-11,20,25,27H,12-19,21H2,1H3,(H,37,40). The first-order chi connectivity index (χ1) is 20.7. The molecule has 1 aromatic heterocycles. The second kappa shape index (κ2) is 13.5. The molecule has 0 atom stereocenters. The Hall–Kier alpha value is -4.12. The monoisotopic (exact) mass is 596 g/mol. The number of alkyl halides is 3. The summed E-state index contributed by atoms with van der Waals surface area (Å²) in [6.07, 6.45) is 0.290. The van der Waals surface area contributed by atoms with E-state index in [9.17, 15) is 22.8 Å². The predicted molar refractivity (Wildman–Crippen MR) is 155 cm³/mol. The number of aromatic nitrogens is 1. The first kappa shape index (κ1) is 30.3. The maximum Gasteiger partial charge on any atom is 0.416 e. The fourth-order valence-electron chi connectivity index (χ4n) is 5.49. The third kappa shape index (κ3) is 8.04. The van der Waals surface area contributed by atoms with Crippen molar-refractivity contribution in [1.29, 1.82) is 0 Å². The molecule has 2 aliphatic heterocycles. The van der Waals surface area contributed by atoms with E-state index in [-0.39, 0.29) is 24.0 Å². The SMILES string of the molecule is COC(=O)c1ccc(CN2CCC(NC(=O)c3ccc(OC4CCN(c5ccc(C(F)(F)F)cc5)CC4)cn3)CC2)cc1. The summed E-state index contributed by atoms with van der Waals surface area (Å²) < 4.78 is 49.3. The Morgan fingerprint density at radius 1 is 0.907 bits per heavy atom. The highest BCUT2D eigenvalue weighted by molar-refractivity contribution is 5.92. The summed E-state index contributed by atoms with van der Waals surface area (Å²) in [7, 11) is 1.37. The van der Waals surface area contributed by atoms with Gasteiger partial charge in [-0.25, -0.2) is 9.78 Å². The van der Waals surface area contributed by atoms with Gasteiger partial charge in [-0.1, -0.05) is 12.1 Å². The number of halogens is 3. The number of nitrogens with zero attached hydrogens (tertiary/aromatic N) is 3. The van der Waals surface area contributed by atoms with Crippen molar-refractivity contribution in [3.8, 4) is 5.75 Å². The number of esters is 1. The number of carbonyl (C=O) groups excluding carboxylic acids is 2. The van der Waals surface area contributed by atoms with Crippen LogP contribution in [-0.4, -0.2) is 67.2 Å². The van der Waals surface area contributed by atoms with E-state index in [4.69, 9.17) is 9.47 Å². The Morgan fingerprint density at radius 3 is 2.16 bits per heavy atom. The molecule has 0 saturated carbocycles. The van der Waals surface area contributed by atoms with E-state index in [0.29, 0.717) is 30.1 Å². The molecule has 0 aliphatic carbocycles. The van der Waals surface area contributed by atoms with Crippen LogP contribution in [0, 0.1) is 0 Å². The molecule has 11 heteroatoms. The van der Waals surface area contributed by atoms with Crippen LogP contribution in [-0.2, 0) is 17.5 Å². The topological polar surface area (TPSA) is 84.0 Å². The highest BCUT2D eigenvalue weighted by Crippen LogP contribution is 2.31. The number of carbonyl (C=O) groups is 2. The van der Waals surface area contributed by atoms with Gasteiger partial charge in [0.1, 0.15) is 17.5 Å². The molecular formula is C32H35F3N4O4. The van der Waals surface area contributed by atoms with E-state index in [1.807, 2.05) is 12.1 Å². The second-order valence-electron chi connectivity index (χ2n) is 10.9. The van der Waals surface area contributed by atoms with Crippen molar-refractivity contribution in [3.05, 3.63) is 89.2 Å². The molecule has 0 radical (unpaired) electrons. The number of ether oxygens (including phenoxy) is 2. The first-order valence-electron chi connectivity index (χ1n) is 14.4. The van der Waals surface area contributed by atoms with Gasteiger partial charge in [0.05, 0.1) is 24.4 Å². The molecule has 0 spiro atoms. The minimum Gasteiger partial charge on any atom is -0.489 e. The third-order valence-corrected chi connectivity index (χ3v) is 7.98. The molecule has 2 saturated heterocycles. The fraction of sp³-hybridized carbons (Fsp3) is 0.406. The number of piperidine rings is 2. The lowest BCUT2D eigenvalue weighted by molar-refractivity contribution is -0.137. The second-order valence-corrected chi connectivity index (χ2v) is 10.9. The molecule has 228 valence electrons. The molecule has 0 bridgehead atoms. The molecule has 2 aromatic carbocycles.